The lowest BCUT2D eigenvalue weighted by atomic mass is 10.1. The van der Waals surface area contributed by atoms with E-state index < -0.39 is 0 Å². The monoisotopic (exact) mass is 339 g/mol. The van der Waals surface area contributed by atoms with E-state index in [2.05, 4.69) is 9.69 Å². The molecular formula is C18H17N3O2S. The third-order valence-corrected chi connectivity index (χ3v) is 4.45. The van der Waals surface area contributed by atoms with Crippen molar-refractivity contribution in [2.24, 2.45) is 0 Å². The summed E-state index contributed by atoms with van der Waals surface area (Å²) in [5.41, 5.74) is 8.16. The number of hydrogen-bond acceptors (Lipinski definition) is 6. The fraction of sp³-hybridized carbons (Fsp3) is 0.111. The van der Waals surface area contributed by atoms with E-state index in [9.17, 15) is 4.79 Å². The van der Waals surface area contributed by atoms with Gasteiger partial charge >= 0.3 is 0 Å². The first-order valence-electron chi connectivity index (χ1n) is 7.40. The summed E-state index contributed by atoms with van der Waals surface area (Å²) in [6.07, 6.45) is 0. The zero-order chi connectivity index (χ0) is 16.9. The molecule has 0 atom stereocenters. The lowest BCUT2D eigenvalue weighted by Gasteiger charge is -2.05. The number of benzene rings is 2. The van der Waals surface area contributed by atoms with Crippen molar-refractivity contribution < 1.29 is 9.53 Å². The van der Waals surface area contributed by atoms with Crippen molar-refractivity contribution in [2.75, 3.05) is 18.2 Å². The van der Waals surface area contributed by atoms with Gasteiger partial charge in [-0.15, -0.1) is 0 Å². The lowest BCUT2D eigenvalue weighted by molar-refractivity contribution is 0.104. The van der Waals surface area contributed by atoms with Gasteiger partial charge in [-0.2, -0.15) is 4.37 Å². The van der Waals surface area contributed by atoms with E-state index in [4.69, 9.17) is 10.5 Å². The molecule has 24 heavy (non-hydrogen) atoms. The largest absolute Gasteiger partial charge is 0.497 e. The lowest BCUT2D eigenvalue weighted by Crippen LogP contribution is -2.05. The maximum Gasteiger partial charge on any atom is 0.206 e. The van der Waals surface area contributed by atoms with E-state index in [1.54, 1.807) is 31.4 Å². The minimum absolute atomic E-state index is 0.139. The third kappa shape index (κ3) is 3.38. The van der Waals surface area contributed by atoms with E-state index in [1.165, 1.54) is 0 Å². The Morgan fingerprint density at radius 1 is 1.17 bits per heavy atom. The van der Waals surface area contributed by atoms with Gasteiger partial charge in [0.2, 0.25) is 5.78 Å². The van der Waals surface area contributed by atoms with Crippen LogP contribution >= 0.6 is 11.5 Å². The number of nitrogens with one attached hydrogen (secondary N) is 1. The second kappa shape index (κ2) is 7.14. The zero-order valence-corrected chi connectivity index (χ0v) is 14.0. The fourth-order valence-electron chi connectivity index (χ4n) is 2.24. The number of nitrogen functional groups attached to an aromatic ring is 1. The summed E-state index contributed by atoms with van der Waals surface area (Å²) in [6, 6.07) is 16.9. The van der Waals surface area contributed by atoms with Crippen molar-refractivity contribution in [1.29, 1.82) is 0 Å². The normalized spacial score (nSPS) is 10.4. The van der Waals surface area contributed by atoms with E-state index in [0.717, 1.165) is 17.1 Å². The highest BCUT2D eigenvalue weighted by atomic mass is 32.1. The fourth-order valence-corrected chi connectivity index (χ4v) is 2.98. The minimum atomic E-state index is -0.139. The van der Waals surface area contributed by atoms with Gasteiger partial charge in [0.1, 0.15) is 10.6 Å². The molecule has 0 bridgehead atoms. The molecule has 0 unspecified atom stereocenters. The molecule has 0 aliphatic rings. The molecule has 5 nitrogen and oxygen atoms in total. The number of nitrogens with two attached hydrogens (primary N) is 1. The van der Waals surface area contributed by atoms with Crippen molar-refractivity contribution in [3.63, 3.8) is 0 Å². The quantitative estimate of drug-likeness (QED) is 0.671. The second-order valence-corrected chi connectivity index (χ2v) is 5.94. The second-order valence-electron chi connectivity index (χ2n) is 5.17. The van der Waals surface area contributed by atoms with E-state index in [-0.39, 0.29) is 5.78 Å². The highest BCUT2D eigenvalue weighted by Gasteiger charge is 2.19. The molecule has 0 radical (unpaired) electrons. The van der Waals surface area contributed by atoms with Gasteiger partial charge in [0.15, 0.2) is 5.82 Å². The third-order valence-electron chi connectivity index (χ3n) is 3.59. The molecule has 0 spiro atoms. The Morgan fingerprint density at radius 2 is 1.88 bits per heavy atom. The predicted octanol–water partition coefficient (Wildman–Crippen LogP) is 3.58. The van der Waals surface area contributed by atoms with Gasteiger partial charge < -0.3 is 15.8 Å². The number of anilines is 2. The molecule has 0 amide bonds. The molecule has 122 valence electrons. The summed E-state index contributed by atoms with van der Waals surface area (Å²) in [5, 5.41) is 3.18. The molecule has 0 aliphatic carbocycles. The molecule has 0 aliphatic heterocycles. The van der Waals surface area contributed by atoms with Crippen LogP contribution in [0.2, 0.25) is 0 Å². The number of nitrogens with zero attached hydrogens (tertiary/aromatic N) is 1. The summed E-state index contributed by atoms with van der Waals surface area (Å²) < 4.78 is 9.37. The van der Waals surface area contributed by atoms with Crippen LogP contribution in [-0.4, -0.2) is 17.3 Å². The van der Waals surface area contributed by atoms with Crippen LogP contribution in [0.25, 0.3) is 0 Å². The van der Waals surface area contributed by atoms with Gasteiger partial charge in [0, 0.05) is 12.1 Å². The number of ether oxygens (including phenoxy) is 1. The van der Waals surface area contributed by atoms with Crippen LogP contribution in [0.3, 0.4) is 0 Å². The molecule has 1 heterocycles. The molecular weight excluding hydrogens is 322 g/mol. The number of carbonyl (C=O) groups excluding carboxylic acids is 1. The van der Waals surface area contributed by atoms with Crippen molar-refractivity contribution in [3.05, 3.63) is 70.6 Å². The van der Waals surface area contributed by atoms with Crippen molar-refractivity contribution >= 4 is 28.8 Å². The number of hydrogen-bond donors (Lipinski definition) is 2. The molecule has 0 fully saturated rings. The Hall–Kier alpha value is -2.86. The molecule has 3 aromatic rings. The molecule has 0 saturated heterocycles. The summed E-state index contributed by atoms with van der Waals surface area (Å²) in [7, 11) is 1.59. The maximum atomic E-state index is 12.6. The standard InChI is InChI=1S/C18H17N3O2S/c1-23-14-9-7-13(8-10-14)16(22)17-15(19)18(21-24-17)20-11-12-5-3-2-4-6-12/h2-10H,11,19H2,1H3,(H,20,21). The van der Waals surface area contributed by atoms with Crippen LogP contribution in [0.5, 0.6) is 5.75 Å². The Balaban J connectivity index is 1.75. The van der Waals surface area contributed by atoms with Crippen LogP contribution in [0, 0.1) is 0 Å². The van der Waals surface area contributed by atoms with Gasteiger partial charge in [0.25, 0.3) is 0 Å². The molecule has 0 saturated carbocycles. The summed E-state index contributed by atoms with van der Waals surface area (Å²) >= 11 is 1.11. The highest BCUT2D eigenvalue weighted by molar-refractivity contribution is 7.09. The smallest absolute Gasteiger partial charge is 0.206 e. The molecule has 3 N–H and O–H groups in total. The Kier molecular flexibility index (Phi) is 4.77. The highest BCUT2D eigenvalue weighted by Crippen LogP contribution is 2.29. The summed E-state index contributed by atoms with van der Waals surface area (Å²) in [5.74, 6) is 1.11. The molecule has 6 heteroatoms. The van der Waals surface area contributed by atoms with Crippen LogP contribution in [0.15, 0.2) is 54.6 Å². The van der Waals surface area contributed by atoms with Crippen LogP contribution in [0.1, 0.15) is 20.8 Å². The van der Waals surface area contributed by atoms with Gasteiger partial charge in [-0.05, 0) is 41.4 Å². The van der Waals surface area contributed by atoms with Gasteiger partial charge in [-0.25, -0.2) is 0 Å². The Morgan fingerprint density at radius 3 is 2.54 bits per heavy atom. The topological polar surface area (TPSA) is 77.2 Å². The van der Waals surface area contributed by atoms with Crippen molar-refractivity contribution in [2.45, 2.75) is 6.54 Å². The first-order valence-corrected chi connectivity index (χ1v) is 8.18. The predicted molar refractivity (Wildman–Crippen MR) is 96.7 cm³/mol. The number of rotatable bonds is 6. The van der Waals surface area contributed by atoms with E-state index in [1.807, 2.05) is 30.3 Å². The summed E-state index contributed by atoms with van der Waals surface area (Å²) in [4.78, 5) is 13.0. The minimum Gasteiger partial charge on any atom is -0.497 e. The summed E-state index contributed by atoms with van der Waals surface area (Å²) in [6.45, 7) is 0.602. The van der Waals surface area contributed by atoms with Crippen molar-refractivity contribution in [1.82, 2.24) is 4.37 Å². The first-order chi connectivity index (χ1) is 11.7. The van der Waals surface area contributed by atoms with Gasteiger partial charge in [0.05, 0.1) is 12.8 Å². The first kappa shape index (κ1) is 16.0. The van der Waals surface area contributed by atoms with Crippen LogP contribution < -0.4 is 15.8 Å². The number of carbonyl (C=O) groups is 1. The molecule has 1 aromatic heterocycles. The number of aromatic nitrogens is 1. The van der Waals surface area contributed by atoms with Gasteiger partial charge in [-0.1, -0.05) is 30.3 Å². The Labute approximate surface area is 144 Å². The SMILES string of the molecule is COc1ccc(C(=O)c2snc(NCc3ccccc3)c2N)cc1. The average molecular weight is 339 g/mol. The average Bonchev–Trinajstić information content (AvgIpc) is 3.01. The van der Waals surface area contributed by atoms with Crippen molar-refractivity contribution in [3.8, 4) is 5.75 Å². The molecule has 3 rings (SSSR count). The maximum absolute atomic E-state index is 12.6. The Bertz CT molecular complexity index is 829. The van der Waals surface area contributed by atoms with Gasteiger partial charge in [-0.3, -0.25) is 4.79 Å². The van der Waals surface area contributed by atoms with Crippen LogP contribution in [-0.2, 0) is 6.54 Å². The number of methoxy groups -OCH3 is 1. The van der Waals surface area contributed by atoms with E-state index >= 15 is 0 Å². The van der Waals surface area contributed by atoms with E-state index in [0.29, 0.717) is 34.2 Å². The zero-order valence-electron chi connectivity index (χ0n) is 13.2. The van der Waals surface area contributed by atoms with Crippen LogP contribution in [0.4, 0.5) is 11.5 Å². The number of ketones is 1. The molecule has 2 aromatic carbocycles.